The third kappa shape index (κ3) is 3.13. The van der Waals surface area contributed by atoms with E-state index in [4.69, 9.17) is 0 Å². The summed E-state index contributed by atoms with van der Waals surface area (Å²) in [4.78, 5) is 2.01. The van der Waals surface area contributed by atoms with Crippen molar-refractivity contribution in [3.8, 4) is 0 Å². The number of anilines is 1. The Morgan fingerprint density at radius 3 is 1.67 bits per heavy atom. The molecule has 0 spiro atoms. The molecular formula is C14H14FN3. The summed E-state index contributed by atoms with van der Waals surface area (Å²) in [6.07, 6.45) is 0. The second kappa shape index (κ2) is 5.40. The van der Waals surface area contributed by atoms with Crippen molar-refractivity contribution in [1.82, 2.24) is 0 Å². The molecular weight excluding hydrogens is 229 g/mol. The summed E-state index contributed by atoms with van der Waals surface area (Å²) in [7, 11) is 3.96. The molecule has 0 N–H and O–H groups in total. The molecule has 0 aliphatic rings. The Labute approximate surface area is 106 Å². The van der Waals surface area contributed by atoms with E-state index in [0.29, 0.717) is 5.69 Å². The monoisotopic (exact) mass is 243 g/mol. The summed E-state index contributed by atoms with van der Waals surface area (Å²) in [6, 6.07) is 13.6. The molecule has 3 nitrogen and oxygen atoms in total. The Morgan fingerprint density at radius 2 is 1.22 bits per heavy atom. The van der Waals surface area contributed by atoms with E-state index in [1.54, 1.807) is 12.1 Å². The molecule has 18 heavy (non-hydrogen) atoms. The Morgan fingerprint density at radius 1 is 0.778 bits per heavy atom. The molecule has 92 valence electrons. The van der Waals surface area contributed by atoms with Crippen LogP contribution in [-0.4, -0.2) is 14.1 Å². The maximum absolute atomic E-state index is 12.7. The van der Waals surface area contributed by atoms with E-state index in [0.717, 1.165) is 11.4 Å². The molecule has 0 unspecified atom stereocenters. The van der Waals surface area contributed by atoms with Crippen LogP contribution in [-0.2, 0) is 0 Å². The van der Waals surface area contributed by atoms with Crippen molar-refractivity contribution < 1.29 is 4.39 Å². The quantitative estimate of drug-likeness (QED) is 0.738. The zero-order chi connectivity index (χ0) is 13.0. The van der Waals surface area contributed by atoms with Gasteiger partial charge in [0.1, 0.15) is 5.82 Å². The van der Waals surface area contributed by atoms with Gasteiger partial charge in [0.25, 0.3) is 0 Å². The molecule has 0 amide bonds. The highest BCUT2D eigenvalue weighted by Crippen LogP contribution is 2.21. The van der Waals surface area contributed by atoms with E-state index in [9.17, 15) is 4.39 Å². The minimum atomic E-state index is -0.274. The molecule has 4 heteroatoms. The second-order valence-electron chi connectivity index (χ2n) is 4.09. The van der Waals surface area contributed by atoms with Gasteiger partial charge in [-0.2, -0.15) is 10.2 Å². The third-order valence-electron chi connectivity index (χ3n) is 2.47. The van der Waals surface area contributed by atoms with Crippen molar-refractivity contribution in [1.29, 1.82) is 0 Å². The molecule has 0 aliphatic heterocycles. The SMILES string of the molecule is CN(C)c1ccc(/N=N/c2ccc(F)cc2)cc1. The first-order chi connectivity index (χ1) is 8.65. The Kier molecular flexibility index (Phi) is 3.67. The van der Waals surface area contributed by atoms with Crippen molar-refractivity contribution in [2.24, 2.45) is 10.2 Å². The lowest BCUT2D eigenvalue weighted by Gasteiger charge is -2.11. The normalized spacial score (nSPS) is 10.8. The van der Waals surface area contributed by atoms with Gasteiger partial charge < -0.3 is 4.90 Å². The van der Waals surface area contributed by atoms with E-state index in [2.05, 4.69) is 10.2 Å². The van der Waals surface area contributed by atoms with E-state index in [1.807, 2.05) is 43.3 Å². The van der Waals surface area contributed by atoms with Crippen LogP contribution in [0.4, 0.5) is 21.5 Å². The summed E-state index contributed by atoms with van der Waals surface area (Å²) in [5, 5.41) is 8.13. The van der Waals surface area contributed by atoms with Crippen LogP contribution in [0.5, 0.6) is 0 Å². The maximum Gasteiger partial charge on any atom is 0.123 e. The van der Waals surface area contributed by atoms with Crippen LogP contribution in [0, 0.1) is 5.82 Å². The highest BCUT2D eigenvalue weighted by atomic mass is 19.1. The standard InChI is InChI=1S/C14H14FN3/c1-18(2)14-9-7-13(8-10-14)17-16-12-5-3-11(15)4-6-12/h3-10H,1-2H3/b17-16+. The van der Waals surface area contributed by atoms with Gasteiger partial charge in [0.2, 0.25) is 0 Å². The predicted molar refractivity (Wildman–Crippen MR) is 71.3 cm³/mol. The summed E-state index contributed by atoms with van der Waals surface area (Å²) >= 11 is 0. The van der Waals surface area contributed by atoms with Crippen molar-refractivity contribution >= 4 is 17.1 Å². The number of benzene rings is 2. The Balaban J connectivity index is 2.11. The fourth-order valence-corrected chi connectivity index (χ4v) is 1.44. The first-order valence-corrected chi connectivity index (χ1v) is 5.60. The van der Waals surface area contributed by atoms with E-state index in [1.165, 1.54) is 12.1 Å². The van der Waals surface area contributed by atoms with Gasteiger partial charge in [0.05, 0.1) is 11.4 Å². The highest BCUT2D eigenvalue weighted by Gasteiger charge is 1.95. The molecule has 0 radical (unpaired) electrons. The minimum absolute atomic E-state index is 0.274. The molecule has 2 aromatic rings. The molecule has 0 saturated heterocycles. The molecule has 2 aromatic carbocycles. The molecule has 0 aliphatic carbocycles. The van der Waals surface area contributed by atoms with Crippen LogP contribution in [0.2, 0.25) is 0 Å². The summed E-state index contributed by atoms with van der Waals surface area (Å²) in [6.45, 7) is 0. The molecule has 0 fully saturated rings. The van der Waals surface area contributed by atoms with E-state index < -0.39 is 0 Å². The van der Waals surface area contributed by atoms with Crippen molar-refractivity contribution in [2.45, 2.75) is 0 Å². The van der Waals surface area contributed by atoms with Gasteiger partial charge >= 0.3 is 0 Å². The molecule has 0 aromatic heterocycles. The van der Waals surface area contributed by atoms with Gasteiger partial charge in [-0.1, -0.05) is 0 Å². The lowest BCUT2D eigenvalue weighted by Crippen LogP contribution is -2.07. The number of nitrogens with zero attached hydrogens (tertiary/aromatic N) is 3. The molecule has 0 atom stereocenters. The fraction of sp³-hybridized carbons (Fsp3) is 0.143. The summed E-state index contributed by atoms with van der Waals surface area (Å²) < 4.78 is 12.7. The molecule has 0 heterocycles. The smallest absolute Gasteiger partial charge is 0.123 e. The van der Waals surface area contributed by atoms with Crippen LogP contribution in [0.15, 0.2) is 58.8 Å². The van der Waals surface area contributed by atoms with Gasteiger partial charge in [-0.25, -0.2) is 4.39 Å². The summed E-state index contributed by atoms with van der Waals surface area (Å²) in [5.41, 5.74) is 2.51. The number of rotatable bonds is 3. The average molecular weight is 243 g/mol. The van der Waals surface area contributed by atoms with Crippen molar-refractivity contribution in [3.63, 3.8) is 0 Å². The van der Waals surface area contributed by atoms with Gasteiger partial charge in [-0.3, -0.25) is 0 Å². The first-order valence-electron chi connectivity index (χ1n) is 5.60. The van der Waals surface area contributed by atoms with Crippen molar-refractivity contribution in [3.05, 3.63) is 54.3 Å². The van der Waals surface area contributed by atoms with Crippen LogP contribution in [0.1, 0.15) is 0 Å². The highest BCUT2D eigenvalue weighted by molar-refractivity contribution is 5.51. The van der Waals surface area contributed by atoms with Crippen LogP contribution in [0.3, 0.4) is 0 Å². The molecule has 0 bridgehead atoms. The van der Waals surface area contributed by atoms with E-state index >= 15 is 0 Å². The lowest BCUT2D eigenvalue weighted by molar-refractivity contribution is 0.628. The number of hydrogen-bond donors (Lipinski definition) is 0. The van der Waals surface area contributed by atoms with Crippen molar-refractivity contribution in [2.75, 3.05) is 19.0 Å². The topological polar surface area (TPSA) is 28.0 Å². The first kappa shape index (κ1) is 12.2. The predicted octanol–water partition coefficient (Wildman–Crippen LogP) is 4.31. The van der Waals surface area contributed by atoms with E-state index in [-0.39, 0.29) is 5.82 Å². The minimum Gasteiger partial charge on any atom is -0.378 e. The fourth-order valence-electron chi connectivity index (χ4n) is 1.44. The van der Waals surface area contributed by atoms with Gasteiger partial charge in [0.15, 0.2) is 0 Å². The van der Waals surface area contributed by atoms with Crippen LogP contribution >= 0.6 is 0 Å². The number of halogens is 1. The maximum atomic E-state index is 12.7. The summed E-state index contributed by atoms with van der Waals surface area (Å²) in [5.74, 6) is -0.274. The Hall–Kier alpha value is -2.23. The van der Waals surface area contributed by atoms with Gasteiger partial charge in [-0.15, -0.1) is 0 Å². The zero-order valence-electron chi connectivity index (χ0n) is 10.3. The lowest BCUT2D eigenvalue weighted by atomic mass is 10.3. The molecule has 0 saturated carbocycles. The average Bonchev–Trinajstić information content (AvgIpc) is 2.38. The molecule has 2 rings (SSSR count). The largest absolute Gasteiger partial charge is 0.378 e. The zero-order valence-corrected chi connectivity index (χ0v) is 10.3. The van der Waals surface area contributed by atoms with Crippen LogP contribution in [0.25, 0.3) is 0 Å². The third-order valence-corrected chi connectivity index (χ3v) is 2.47. The number of hydrogen-bond acceptors (Lipinski definition) is 3. The number of azo groups is 1. The van der Waals surface area contributed by atoms with Gasteiger partial charge in [0, 0.05) is 19.8 Å². The Bertz CT molecular complexity index is 530. The second-order valence-corrected chi connectivity index (χ2v) is 4.09. The van der Waals surface area contributed by atoms with Crippen LogP contribution < -0.4 is 4.90 Å². The van der Waals surface area contributed by atoms with Gasteiger partial charge in [-0.05, 0) is 48.5 Å².